The van der Waals surface area contributed by atoms with Gasteiger partial charge in [-0.2, -0.15) is 0 Å². The van der Waals surface area contributed by atoms with Crippen LogP contribution in [0, 0.1) is 11.8 Å². The lowest BCUT2D eigenvalue weighted by atomic mass is 9.89. The van der Waals surface area contributed by atoms with Gasteiger partial charge in [0.2, 0.25) is 0 Å². The van der Waals surface area contributed by atoms with E-state index in [-0.39, 0.29) is 0 Å². The van der Waals surface area contributed by atoms with Crippen LogP contribution < -0.4 is 10.6 Å². The molecule has 1 aliphatic heterocycles. The summed E-state index contributed by atoms with van der Waals surface area (Å²) in [6.45, 7) is 6.83. The molecule has 2 atom stereocenters. The summed E-state index contributed by atoms with van der Waals surface area (Å²) in [5.74, 6) is 2.58. The first-order valence-electron chi connectivity index (χ1n) is 5.63. The van der Waals surface area contributed by atoms with Gasteiger partial charge in [-0.25, -0.2) is 4.98 Å². The molecule has 1 fully saturated rings. The Morgan fingerprint density at radius 2 is 2.20 bits per heavy atom. The molecule has 3 heteroatoms. The van der Waals surface area contributed by atoms with E-state index < -0.39 is 0 Å². The zero-order valence-electron chi connectivity index (χ0n) is 9.48. The van der Waals surface area contributed by atoms with E-state index in [1.807, 2.05) is 12.1 Å². The molecular weight excluding hydrogens is 186 g/mol. The van der Waals surface area contributed by atoms with E-state index >= 15 is 0 Å². The summed E-state index contributed by atoms with van der Waals surface area (Å²) < 4.78 is 0. The van der Waals surface area contributed by atoms with E-state index in [4.69, 9.17) is 5.73 Å². The zero-order valence-corrected chi connectivity index (χ0v) is 9.48. The van der Waals surface area contributed by atoms with Crippen LogP contribution in [0.5, 0.6) is 0 Å². The van der Waals surface area contributed by atoms with Gasteiger partial charge in [-0.1, -0.05) is 13.8 Å². The minimum absolute atomic E-state index is 0.738. The van der Waals surface area contributed by atoms with Gasteiger partial charge < -0.3 is 10.6 Å². The normalized spacial score (nSPS) is 26.7. The number of anilines is 2. The smallest absolute Gasteiger partial charge is 0.130 e. The van der Waals surface area contributed by atoms with Crippen molar-refractivity contribution in [2.45, 2.75) is 20.3 Å². The highest BCUT2D eigenvalue weighted by molar-refractivity contribution is 5.50. The quantitative estimate of drug-likeness (QED) is 0.763. The number of pyridine rings is 1. The highest BCUT2D eigenvalue weighted by Gasteiger charge is 2.23. The first kappa shape index (κ1) is 10.3. The molecule has 2 rings (SSSR count). The van der Waals surface area contributed by atoms with Crippen LogP contribution in [-0.4, -0.2) is 18.1 Å². The van der Waals surface area contributed by atoms with Crippen LogP contribution in [0.15, 0.2) is 18.3 Å². The fraction of sp³-hybridized carbons (Fsp3) is 0.583. The first-order valence-corrected chi connectivity index (χ1v) is 5.63. The van der Waals surface area contributed by atoms with Crippen LogP contribution in [0.2, 0.25) is 0 Å². The van der Waals surface area contributed by atoms with Gasteiger partial charge in [0.05, 0.1) is 0 Å². The first-order chi connectivity index (χ1) is 7.16. The summed E-state index contributed by atoms with van der Waals surface area (Å²) >= 11 is 0. The van der Waals surface area contributed by atoms with Crippen molar-refractivity contribution in [3.8, 4) is 0 Å². The molecule has 15 heavy (non-hydrogen) atoms. The van der Waals surface area contributed by atoms with Crippen molar-refractivity contribution in [3.63, 3.8) is 0 Å². The SMILES string of the molecule is CC1CCN(c2cc(N)ccn2)CC1C. The van der Waals surface area contributed by atoms with Gasteiger partial charge in [-0.15, -0.1) is 0 Å². The summed E-state index contributed by atoms with van der Waals surface area (Å²) in [6, 6.07) is 3.79. The van der Waals surface area contributed by atoms with Crippen LogP contribution in [-0.2, 0) is 0 Å². The lowest BCUT2D eigenvalue weighted by Gasteiger charge is -2.36. The average Bonchev–Trinajstić information content (AvgIpc) is 2.22. The average molecular weight is 205 g/mol. The third-order valence-electron chi connectivity index (χ3n) is 3.43. The van der Waals surface area contributed by atoms with E-state index in [1.54, 1.807) is 6.20 Å². The van der Waals surface area contributed by atoms with Crippen molar-refractivity contribution in [1.82, 2.24) is 4.98 Å². The van der Waals surface area contributed by atoms with Gasteiger partial charge in [-0.05, 0) is 24.3 Å². The topological polar surface area (TPSA) is 42.1 Å². The summed E-state index contributed by atoms with van der Waals surface area (Å²) in [5, 5.41) is 0. The molecule has 3 nitrogen and oxygen atoms in total. The Bertz CT molecular complexity index is 337. The van der Waals surface area contributed by atoms with E-state index in [2.05, 4.69) is 23.7 Å². The number of nitrogens with zero attached hydrogens (tertiary/aromatic N) is 2. The highest BCUT2D eigenvalue weighted by Crippen LogP contribution is 2.26. The Balaban J connectivity index is 2.12. The zero-order chi connectivity index (χ0) is 10.8. The van der Waals surface area contributed by atoms with E-state index in [9.17, 15) is 0 Å². The van der Waals surface area contributed by atoms with Gasteiger partial charge in [-0.3, -0.25) is 0 Å². The molecule has 0 saturated carbocycles. The van der Waals surface area contributed by atoms with Crippen molar-refractivity contribution in [3.05, 3.63) is 18.3 Å². The highest BCUT2D eigenvalue weighted by atomic mass is 15.2. The molecule has 1 aliphatic rings. The van der Waals surface area contributed by atoms with E-state index in [0.29, 0.717) is 0 Å². The molecule has 0 radical (unpaired) electrons. The number of nitrogens with two attached hydrogens (primary N) is 1. The largest absolute Gasteiger partial charge is 0.399 e. The third kappa shape index (κ3) is 2.22. The number of hydrogen-bond donors (Lipinski definition) is 1. The monoisotopic (exact) mass is 205 g/mol. The Morgan fingerprint density at radius 1 is 1.40 bits per heavy atom. The molecule has 2 unspecified atom stereocenters. The summed E-state index contributed by atoms with van der Waals surface area (Å²) in [4.78, 5) is 6.70. The molecule has 1 aromatic heterocycles. The molecule has 0 spiro atoms. The maximum absolute atomic E-state index is 5.76. The number of hydrogen-bond acceptors (Lipinski definition) is 3. The van der Waals surface area contributed by atoms with Gasteiger partial charge in [0, 0.05) is 31.0 Å². The van der Waals surface area contributed by atoms with Crippen molar-refractivity contribution < 1.29 is 0 Å². The third-order valence-corrected chi connectivity index (χ3v) is 3.43. The molecular formula is C12H19N3. The lowest BCUT2D eigenvalue weighted by molar-refractivity contribution is 0.323. The molecule has 2 N–H and O–H groups in total. The minimum Gasteiger partial charge on any atom is -0.399 e. The molecule has 1 saturated heterocycles. The van der Waals surface area contributed by atoms with E-state index in [0.717, 1.165) is 36.4 Å². The summed E-state index contributed by atoms with van der Waals surface area (Å²) in [5.41, 5.74) is 6.56. The second-order valence-corrected chi connectivity index (χ2v) is 4.64. The van der Waals surface area contributed by atoms with Crippen molar-refractivity contribution in [1.29, 1.82) is 0 Å². The fourth-order valence-corrected chi connectivity index (χ4v) is 2.08. The molecule has 0 aromatic carbocycles. The molecule has 82 valence electrons. The summed E-state index contributed by atoms with van der Waals surface area (Å²) in [6.07, 6.45) is 3.03. The maximum atomic E-state index is 5.76. The van der Waals surface area contributed by atoms with E-state index in [1.165, 1.54) is 6.42 Å². The maximum Gasteiger partial charge on any atom is 0.130 e. The van der Waals surface area contributed by atoms with Crippen LogP contribution in [0.3, 0.4) is 0 Å². The van der Waals surface area contributed by atoms with Crippen molar-refractivity contribution in [2.24, 2.45) is 11.8 Å². The Labute approximate surface area is 91.3 Å². The second kappa shape index (κ2) is 4.09. The number of aromatic nitrogens is 1. The molecule has 2 heterocycles. The Hall–Kier alpha value is -1.25. The van der Waals surface area contributed by atoms with Crippen LogP contribution in [0.25, 0.3) is 0 Å². The van der Waals surface area contributed by atoms with Crippen molar-refractivity contribution in [2.75, 3.05) is 23.7 Å². The number of nitrogen functional groups attached to an aromatic ring is 1. The molecule has 0 aliphatic carbocycles. The fourth-order valence-electron chi connectivity index (χ4n) is 2.08. The van der Waals surface area contributed by atoms with Crippen LogP contribution in [0.4, 0.5) is 11.5 Å². The van der Waals surface area contributed by atoms with Crippen LogP contribution >= 0.6 is 0 Å². The van der Waals surface area contributed by atoms with Gasteiger partial charge in [0.1, 0.15) is 5.82 Å². The second-order valence-electron chi connectivity index (χ2n) is 4.64. The molecule has 1 aromatic rings. The Kier molecular flexibility index (Phi) is 2.80. The minimum atomic E-state index is 0.738. The standard InChI is InChI=1S/C12H19N3/c1-9-4-6-15(8-10(9)2)12-7-11(13)3-5-14-12/h3,5,7,9-10H,4,6,8H2,1-2H3,(H2,13,14). The summed E-state index contributed by atoms with van der Waals surface area (Å²) in [7, 11) is 0. The number of rotatable bonds is 1. The Morgan fingerprint density at radius 3 is 2.87 bits per heavy atom. The lowest BCUT2D eigenvalue weighted by Crippen LogP contribution is -2.38. The predicted molar refractivity (Wildman–Crippen MR) is 63.8 cm³/mol. The van der Waals surface area contributed by atoms with Gasteiger partial charge >= 0.3 is 0 Å². The number of piperidine rings is 1. The van der Waals surface area contributed by atoms with Crippen LogP contribution in [0.1, 0.15) is 20.3 Å². The van der Waals surface area contributed by atoms with Gasteiger partial charge in [0.15, 0.2) is 0 Å². The predicted octanol–water partition coefficient (Wildman–Crippen LogP) is 2.15. The van der Waals surface area contributed by atoms with Gasteiger partial charge in [0.25, 0.3) is 0 Å². The molecule has 0 bridgehead atoms. The van der Waals surface area contributed by atoms with Crippen molar-refractivity contribution >= 4 is 11.5 Å². The molecule has 0 amide bonds.